The van der Waals surface area contributed by atoms with Crippen LogP contribution in [0.25, 0.3) is 0 Å². The summed E-state index contributed by atoms with van der Waals surface area (Å²) >= 11 is 0. The van der Waals surface area contributed by atoms with Gasteiger partial charge in [0, 0.05) is 11.0 Å². The predicted molar refractivity (Wildman–Crippen MR) is 79.7 cm³/mol. The first-order valence-corrected chi connectivity index (χ1v) is 8.37. The Morgan fingerprint density at radius 3 is 1.96 bits per heavy atom. The highest BCUT2D eigenvalue weighted by Crippen LogP contribution is 2.67. The molecule has 0 aliphatic heterocycles. The summed E-state index contributed by atoms with van der Waals surface area (Å²) in [5.41, 5.74) is -4.20. The van der Waals surface area contributed by atoms with Crippen LogP contribution < -0.4 is 0 Å². The van der Waals surface area contributed by atoms with Gasteiger partial charge in [-0.05, 0) is 37.7 Å². The number of hydrogen-bond donors (Lipinski definition) is 0. The van der Waals surface area contributed by atoms with E-state index in [1.165, 1.54) is 19.1 Å². The number of fused-ring (bicyclic) bond motifs is 3. The van der Waals surface area contributed by atoms with Gasteiger partial charge in [0.25, 0.3) is 0 Å². The molecule has 0 atom stereocenters. The van der Waals surface area contributed by atoms with Crippen LogP contribution in [0.15, 0.2) is 12.1 Å². The molecule has 0 aromatic heterocycles. The smallest absolute Gasteiger partial charge is 0.338 e. The van der Waals surface area contributed by atoms with Gasteiger partial charge in [0.1, 0.15) is 5.60 Å². The van der Waals surface area contributed by atoms with Crippen molar-refractivity contribution in [1.82, 2.24) is 0 Å². The van der Waals surface area contributed by atoms with Crippen molar-refractivity contribution in [1.29, 1.82) is 0 Å². The summed E-state index contributed by atoms with van der Waals surface area (Å²) in [7, 11) is 0. The number of rotatable bonds is 4. The summed E-state index contributed by atoms with van der Waals surface area (Å²) < 4.78 is 90.8. The average Bonchev–Trinajstić information content (AvgIpc) is 2.56. The second-order valence-electron chi connectivity index (χ2n) is 7.36. The molecule has 3 aliphatic rings. The Balaban J connectivity index is 1.87. The number of halogens is 6. The second-order valence-corrected chi connectivity index (χ2v) is 7.36. The van der Waals surface area contributed by atoms with E-state index in [0.717, 1.165) is 0 Å². The van der Waals surface area contributed by atoms with Gasteiger partial charge in [-0.25, -0.2) is 8.78 Å². The standard InChI is InChI=1S/C18H20F6O/c1-3-11-4-5-12(14(20)13(11)19)10-25-16-8-6-15(2,7-9-16)17(21,22)18(16,23)24/h4-5H,3,6-10H2,1-2H3. The van der Waals surface area contributed by atoms with Crippen molar-refractivity contribution in [2.24, 2.45) is 5.41 Å². The Hall–Kier alpha value is -1.24. The Bertz CT molecular complexity index is 676. The zero-order chi connectivity index (χ0) is 18.7. The first-order valence-electron chi connectivity index (χ1n) is 8.37. The molecule has 0 N–H and O–H groups in total. The molecular formula is C18H20F6O. The van der Waals surface area contributed by atoms with E-state index in [4.69, 9.17) is 4.74 Å². The molecule has 0 spiro atoms. The maximum atomic E-state index is 14.5. The molecule has 1 aromatic carbocycles. The molecular weight excluding hydrogens is 346 g/mol. The molecule has 140 valence electrons. The third-order valence-electron chi connectivity index (χ3n) is 6.01. The molecule has 0 radical (unpaired) electrons. The highest BCUT2D eigenvalue weighted by atomic mass is 19.3. The molecule has 3 aliphatic carbocycles. The maximum Gasteiger partial charge on any atom is 0.338 e. The van der Waals surface area contributed by atoms with Crippen LogP contribution in [0.3, 0.4) is 0 Å². The van der Waals surface area contributed by atoms with Crippen LogP contribution in [0.2, 0.25) is 0 Å². The van der Waals surface area contributed by atoms with Crippen LogP contribution >= 0.6 is 0 Å². The predicted octanol–water partition coefficient (Wildman–Crippen LogP) is 5.65. The van der Waals surface area contributed by atoms with Gasteiger partial charge in [0.2, 0.25) is 0 Å². The van der Waals surface area contributed by atoms with Crippen LogP contribution in [-0.4, -0.2) is 17.4 Å². The number of alkyl halides is 4. The Kier molecular flexibility index (Phi) is 4.18. The van der Waals surface area contributed by atoms with Crippen molar-refractivity contribution >= 4 is 0 Å². The van der Waals surface area contributed by atoms with Crippen LogP contribution in [0.5, 0.6) is 0 Å². The lowest BCUT2D eigenvalue weighted by atomic mass is 9.55. The summed E-state index contributed by atoms with van der Waals surface area (Å²) in [5, 5.41) is 0. The van der Waals surface area contributed by atoms with E-state index in [-0.39, 0.29) is 43.2 Å². The van der Waals surface area contributed by atoms with E-state index in [2.05, 4.69) is 0 Å². The molecule has 1 aromatic rings. The van der Waals surface area contributed by atoms with Crippen LogP contribution in [-0.2, 0) is 17.8 Å². The zero-order valence-electron chi connectivity index (χ0n) is 14.1. The summed E-state index contributed by atoms with van der Waals surface area (Å²) in [5.74, 6) is -10.8. The van der Waals surface area contributed by atoms with Crippen LogP contribution in [0, 0.1) is 17.0 Å². The van der Waals surface area contributed by atoms with E-state index in [1.807, 2.05) is 0 Å². The van der Waals surface area contributed by atoms with Gasteiger partial charge >= 0.3 is 11.8 Å². The number of hydrogen-bond acceptors (Lipinski definition) is 1. The van der Waals surface area contributed by atoms with Gasteiger partial charge in [-0.15, -0.1) is 0 Å². The van der Waals surface area contributed by atoms with Crippen molar-refractivity contribution in [3.63, 3.8) is 0 Å². The Morgan fingerprint density at radius 1 is 0.880 bits per heavy atom. The lowest BCUT2D eigenvalue weighted by Crippen LogP contribution is -2.72. The fourth-order valence-electron chi connectivity index (χ4n) is 3.96. The lowest BCUT2D eigenvalue weighted by Gasteiger charge is -2.59. The van der Waals surface area contributed by atoms with Gasteiger partial charge in [0.15, 0.2) is 11.6 Å². The van der Waals surface area contributed by atoms with E-state index in [1.54, 1.807) is 6.92 Å². The summed E-state index contributed by atoms with van der Waals surface area (Å²) in [4.78, 5) is 0. The Morgan fingerprint density at radius 2 is 1.40 bits per heavy atom. The summed E-state index contributed by atoms with van der Waals surface area (Å²) in [6, 6.07) is 2.60. The molecule has 7 heteroatoms. The lowest BCUT2D eigenvalue weighted by molar-refractivity contribution is -0.389. The molecule has 25 heavy (non-hydrogen) atoms. The van der Waals surface area contributed by atoms with Crippen molar-refractivity contribution in [2.75, 3.05) is 0 Å². The van der Waals surface area contributed by atoms with Gasteiger partial charge in [-0.3, -0.25) is 0 Å². The number of benzene rings is 1. The third kappa shape index (κ3) is 2.34. The molecule has 3 saturated carbocycles. The third-order valence-corrected chi connectivity index (χ3v) is 6.01. The minimum absolute atomic E-state index is 0.0960. The largest absolute Gasteiger partial charge is 0.364 e. The van der Waals surface area contributed by atoms with Gasteiger partial charge in [0.05, 0.1) is 6.61 Å². The van der Waals surface area contributed by atoms with Crippen LogP contribution in [0.1, 0.15) is 50.7 Å². The molecule has 2 bridgehead atoms. The van der Waals surface area contributed by atoms with E-state index in [9.17, 15) is 26.3 Å². The molecule has 0 unspecified atom stereocenters. The summed E-state index contributed by atoms with van der Waals surface area (Å²) in [6.07, 6.45) is -0.383. The van der Waals surface area contributed by atoms with E-state index < -0.39 is 41.1 Å². The Labute approximate surface area is 142 Å². The SMILES string of the molecule is CCc1ccc(COC23CCC(C)(CC2)C(F)(F)C3(F)F)c(F)c1F. The fraction of sp³-hybridized carbons (Fsp3) is 0.667. The van der Waals surface area contributed by atoms with Gasteiger partial charge < -0.3 is 4.74 Å². The average molecular weight is 366 g/mol. The monoisotopic (exact) mass is 366 g/mol. The van der Waals surface area contributed by atoms with Gasteiger partial charge in [-0.2, -0.15) is 17.6 Å². The van der Waals surface area contributed by atoms with Gasteiger partial charge in [-0.1, -0.05) is 26.0 Å². The summed E-state index contributed by atoms with van der Waals surface area (Å²) in [6.45, 7) is 2.15. The number of aryl methyl sites for hydroxylation is 1. The quantitative estimate of drug-likeness (QED) is 0.626. The fourth-order valence-corrected chi connectivity index (χ4v) is 3.96. The highest BCUT2D eigenvalue weighted by Gasteiger charge is 2.81. The maximum absolute atomic E-state index is 14.5. The second kappa shape index (κ2) is 5.63. The van der Waals surface area contributed by atoms with Crippen molar-refractivity contribution in [3.05, 3.63) is 34.9 Å². The normalized spacial score (nSPS) is 32.8. The molecule has 0 amide bonds. The van der Waals surface area contributed by atoms with E-state index in [0.29, 0.717) is 0 Å². The van der Waals surface area contributed by atoms with E-state index >= 15 is 0 Å². The van der Waals surface area contributed by atoms with Crippen LogP contribution in [0.4, 0.5) is 26.3 Å². The van der Waals surface area contributed by atoms with Crippen molar-refractivity contribution < 1.29 is 31.1 Å². The first kappa shape index (κ1) is 18.5. The van der Waals surface area contributed by atoms with Crippen molar-refractivity contribution in [2.45, 2.75) is 70.0 Å². The molecule has 0 saturated heterocycles. The first-order chi connectivity index (χ1) is 11.5. The number of ether oxygens (including phenoxy) is 1. The highest BCUT2D eigenvalue weighted by molar-refractivity contribution is 5.26. The zero-order valence-corrected chi connectivity index (χ0v) is 14.1. The van der Waals surface area contributed by atoms with Crippen molar-refractivity contribution in [3.8, 4) is 0 Å². The molecule has 1 nitrogen and oxygen atoms in total. The minimum atomic E-state index is -4.36. The minimum Gasteiger partial charge on any atom is -0.364 e. The molecule has 3 fully saturated rings. The molecule has 0 heterocycles. The topological polar surface area (TPSA) is 9.23 Å². The molecule has 4 rings (SSSR count).